The molecule has 24 heteroatoms. The van der Waals surface area contributed by atoms with E-state index in [1.807, 2.05) is 0 Å². The van der Waals surface area contributed by atoms with E-state index < -0.39 is 144 Å². The molecule has 9 N–H and O–H groups in total. The molecule has 4 rings (SSSR count). The van der Waals surface area contributed by atoms with Gasteiger partial charge in [-0.1, -0.05) is 83.5 Å². The number of nitrogens with one attached hydrogen (secondary N) is 7. The normalized spacial score (nSPS) is 24.0. The summed E-state index contributed by atoms with van der Waals surface area (Å²) in [6.07, 6.45) is -4.10. The van der Waals surface area contributed by atoms with Gasteiger partial charge in [0.25, 0.3) is 0 Å². The van der Waals surface area contributed by atoms with Gasteiger partial charge in [-0.25, -0.2) is 9.59 Å². The lowest BCUT2D eigenvalue weighted by Gasteiger charge is -2.44. The minimum Gasteiger partial charge on any atom is -0.861 e. The summed E-state index contributed by atoms with van der Waals surface area (Å²) >= 11 is 0. The highest BCUT2D eigenvalue weighted by Crippen LogP contribution is 2.24. The van der Waals surface area contributed by atoms with Crippen LogP contribution < -0.4 is 42.3 Å². The molecule has 0 radical (unpaired) electrons. The van der Waals surface area contributed by atoms with Gasteiger partial charge < -0.3 is 66.9 Å². The molecule has 2 bridgehead atoms. The van der Waals surface area contributed by atoms with Crippen LogP contribution in [0.4, 0.5) is 0 Å². The van der Waals surface area contributed by atoms with Gasteiger partial charge in [0.15, 0.2) is 0 Å². The van der Waals surface area contributed by atoms with E-state index in [0.29, 0.717) is 24.0 Å². The van der Waals surface area contributed by atoms with E-state index in [-0.39, 0.29) is 57.1 Å². The second-order valence-electron chi connectivity index (χ2n) is 20.3. The van der Waals surface area contributed by atoms with Crippen molar-refractivity contribution in [1.82, 2.24) is 42.1 Å². The van der Waals surface area contributed by atoms with Crippen LogP contribution in [0, 0.1) is 5.92 Å². The maximum Gasteiger partial charge on any atom is 0.329 e. The van der Waals surface area contributed by atoms with E-state index in [1.54, 1.807) is 65.0 Å². The molecule has 434 valence electrons. The van der Waals surface area contributed by atoms with Gasteiger partial charge in [0, 0.05) is 19.3 Å². The summed E-state index contributed by atoms with van der Waals surface area (Å²) in [7, 11) is 0. The van der Waals surface area contributed by atoms with E-state index in [4.69, 9.17) is 9.47 Å². The number of aromatic hydroxyl groups is 1. The molecule has 2 aromatic rings. The number of cyclic esters (lactones) is 1. The van der Waals surface area contributed by atoms with Crippen molar-refractivity contribution in [2.24, 2.45) is 10.9 Å². The Labute approximate surface area is 460 Å². The number of hydrogen-bond donors (Lipinski definition) is 9. The van der Waals surface area contributed by atoms with Crippen molar-refractivity contribution in [3.05, 3.63) is 65.7 Å². The van der Waals surface area contributed by atoms with Crippen LogP contribution in [0.25, 0.3) is 0 Å². The third-order valence-electron chi connectivity index (χ3n) is 13.3. The third-order valence-corrected chi connectivity index (χ3v) is 13.3. The molecule has 1 fully saturated rings. The van der Waals surface area contributed by atoms with E-state index in [0.717, 1.165) is 4.90 Å². The summed E-state index contributed by atoms with van der Waals surface area (Å²) in [6, 6.07) is 0.556. The molecule has 1 saturated heterocycles. The molecule has 0 aromatic heterocycles. The zero-order valence-electron chi connectivity index (χ0n) is 46.4. The molecule has 0 spiro atoms. The number of piperidine rings is 1. The fourth-order valence-corrected chi connectivity index (χ4v) is 8.87. The Hall–Kier alpha value is -7.63. The van der Waals surface area contributed by atoms with E-state index in [1.165, 1.54) is 52.0 Å². The van der Waals surface area contributed by atoms with Crippen LogP contribution in [0.5, 0.6) is 5.75 Å². The number of fused-ring (bicyclic) bond motifs is 2. The van der Waals surface area contributed by atoms with Gasteiger partial charge in [-0.05, 0) is 101 Å². The number of benzene rings is 2. The fourth-order valence-electron chi connectivity index (χ4n) is 8.87. The van der Waals surface area contributed by atoms with Crippen molar-refractivity contribution in [1.29, 1.82) is 0 Å². The Morgan fingerprint density at radius 2 is 1.37 bits per heavy atom. The molecule has 79 heavy (non-hydrogen) atoms. The van der Waals surface area contributed by atoms with Crippen LogP contribution in [-0.2, 0) is 70.3 Å². The average molecular weight is 1110 g/mol. The number of ether oxygens (including phenoxy) is 2. The summed E-state index contributed by atoms with van der Waals surface area (Å²) in [4.78, 5) is 144. The SMILES string of the molecule is CCCC(=O)N[C@@H](C)C(=O)N[C@H](C(=O)N[C@@H]1C(=O)N[C@@H](CCC)C(=O)N[C@H]2CC[C@@H](O)N(C2=O)[C@@H](Cc2ccccc2)C([O-])=N[C@@H](Cc2ccc(O)cc2)C(=O)N[C@@H](C(C)C)C(=O)O[C@@H]1C)[C@H](C)OC(=O)[C@H](C)NC(=O)CCC. The number of phenols is 1. The van der Waals surface area contributed by atoms with Gasteiger partial charge in [-0.15, -0.1) is 0 Å². The van der Waals surface area contributed by atoms with Gasteiger partial charge >= 0.3 is 11.9 Å². The van der Waals surface area contributed by atoms with E-state index >= 15 is 0 Å². The number of phenolic OH excluding ortho intramolecular Hbond substituents is 1. The number of aliphatic imine (C=N–C) groups is 1. The van der Waals surface area contributed by atoms with Gasteiger partial charge in [-0.3, -0.25) is 43.3 Å². The molecular weight excluding hydrogens is 1030 g/mol. The Bertz CT molecular complexity index is 2490. The fraction of sp³-hybridized carbons (Fsp3) is 0.582. The van der Waals surface area contributed by atoms with Crippen molar-refractivity contribution >= 4 is 65.1 Å². The predicted molar refractivity (Wildman–Crippen MR) is 285 cm³/mol. The quantitative estimate of drug-likeness (QED) is 0.0787. The number of aliphatic hydroxyl groups is 1. The maximum atomic E-state index is 14.7. The lowest BCUT2D eigenvalue weighted by Crippen LogP contribution is -2.65. The number of hydrogen-bond acceptors (Lipinski definition) is 16. The minimum absolute atomic E-state index is 0.0438. The monoisotopic (exact) mass is 1100 g/mol. The van der Waals surface area contributed by atoms with Crippen LogP contribution in [0.2, 0.25) is 0 Å². The second kappa shape index (κ2) is 30.5. The van der Waals surface area contributed by atoms with Crippen LogP contribution in [-0.4, -0.2) is 153 Å². The Morgan fingerprint density at radius 3 is 1.96 bits per heavy atom. The molecule has 2 heterocycles. The van der Waals surface area contributed by atoms with Crippen LogP contribution >= 0.6 is 0 Å². The van der Waals surface area contributed by atoms with Crippen LogP contribution in [0.1, 0.15) is 125 Å². The summed E-state index contributed by atoms with van der Waals surface area (Å²) in [5.41, 5.74) is 0.983. The first-order chi connectivity index (χ1) is 37.4. The lowest BCUT2D eigenvalue weighted by molar-refractivity contribution is -0.229. The molecule has 2 aliphatic heterocycles. The van der Waals surface area contributed by atoms with Crippen LogP contribution in [0.15, 0.2) is 59.6 Å². The number of carbonyl (C=O) groups is 10. The number of aliphatic hydroxyl groups excluding tert-OH is 1. The van der Waals surface area contributed by atoms with Crippen LogP contribution in [0.3, 0.4) is 0 Å². The Morgan fingerprint density at radius 1 is 0.759 bits per heavy atom. The number of esters is 2. The highest BCUT2D eigenvalue weighted by molar-refractivity contribution is 5.98. The van der Waals surface area contributed by atoms with E-state index in [2.05, 4.69) is 42.2 Å². The van der Waals surface area contributed by atoms with Crippen molar-refractivity contribution in [2.75, 3.05) is 0 Å². The first-order valence-electron chi connectivity index (χ1n) is 27.0. The van der Waals surface area contributed by atoms with Crippen molar-refractivity contribution in [3.63, 3.8) is 0 Å². The number of carbonyl (C=O) groups excluding carboxylic acids is 10. The average Bonchev–Trinajstić information content (AvgIpc) is 3.39. The largest absolute Gasteiger partial charge is 0.861 e. The first-order valence-corrected chi connectivity index (χ1v) is 27.0. The summed E-state index contributed by atoms with van der Waals surface area (Å²) in [6.45, 7) is 13.5. The molecule has 12 atom stereocenters. The summed E-state index contributed by atoms with van der Waals surface area (Å²) in [5, 5.41) is 54.1. The minimum atomic E-state index is -1.93. The number of amides is 8. The Kier molecular flexibility index (Phi) is 24.7. The summed E-state index contributed by atoms with van der Waals surface area (Å²) < 4.78 is 11.5. The predicted octanol–water partition coefficient (Wildman–Crippen LogP) is -0.0191. The molecule has 0 unspecified atom stereocenters. The molecule has 8 amide bonds. The van der Waals surface area contributed by atoms with Crippen molar-refractivity contribution in [2.45, 2.75) is 199 Å². The summed E-state index contributed by atoms with van der Waals surface area (Å²) in [5.74, 6) is -10.8. The molecule has 0 saturated carbocycles. The molecular formula is C55H78N9O15-. The molecule has 0 aliphatic carbocycles. The smallest absolute Gasteiger partial charge is 0.329 e. The number of nitrogens with zero attached hydrogens (tertiary/aromatic N) is 2. The molecule has 2 aromatic carbocycles. The van der Waals surface area contributed by atoms with Gasteiger partial charge in [0.2, 0.25) is 47.3 Å². The van der Waals surface area contributed by atoms with Gasteiger partial charge in [0.1, 0.15) is 72.5 Å². The Balaban J connectivity index is 1.85. The maximum absolute atomic E-state index is 14.7. The second-order valence-corrected chi connectivity index (χ2v) is 20.3. The van der Waals surface area contributed by atoms with Crippen molar-refractivity contribution < 1.29 is 72.7 Å². The lowest BCUT2D eigenvalue weighted by atomic mass is 9.96. The molecule has 2 aliphatic rings. The molecule has 24 nitrogen and oxygen atoms in total. The number of rotatable bonds is 20. The third kappa shape index (κ3) is 18.8. The van der Waals surface area contributed by atoms with Gasteiger partial charge in [0.05, 0.1) is 6.04 Å². The first kappa shape index (κ1) is 63.9. The topological polar surface area (TPSA) is 352 Å². The van der Waals surface area contributed by atoms with E-state index in [9.17, 15) is 63.3 Å². The van der Waals surface area contributed by atoms with Gasteiger partial charge in [-0.2, -0.15) is 0 Å². The highest BCUT2D eigenvalue weighted by Gasteiger charge is 2.43. The van der Waals surface area contributed by atoms with Crippen molar-refractivity contribution in [3.8, 4) is 5.75 Å². The standard InChI is InChI=1S/C55H79N9O15/c1-10-16-37-48(70)59-38-25-26-43(68)64(53(38)75)40(28-34-19-14-13-15-20-34)50(72)60-39(27-35-21-23-36(65)24-22-35)49(71)61-44(29(4)5)55(77)79-33(9)45(51(73)58-37)63-52(74)46(62-47(69)30(6)56-41(66)17-11-2)32(8)78-54(76)31(7)57-42(67)18-12-3/h13-15,19-24,29-33,37-40,43-46,65,68H,10-12,16-18,25-28H2,1-9H3,(H,56,66)(H,57,67)(H,58,73)(H,59,70)(H,60,72)(H,61,71)(H,62,69)(H,63,74)/p-1/t30-,31-,32-,33+,37-,38-,39-,40-,43+,44-,45-,46-/m0/s1. The zero-order chi connectivity index (χ0) is 58.7. The highest BCUT2D eigenvalue weighted by atomic mass is 16.6. The zero-order valence-corrected chi connectivity index (χ0v) is 46.4.